The molecule has 0 saturated heterocycles. The van der Waals surface area contributed by atoms with Gasteiger partial charge in [0.25, 0.3) is 5.56 Å². The van der Waals surface area contributed by atoms with Gasteiger partial charge in [-0.05, 0) is 33.6 Å². The highest BCUT2D eigenvalue weighted by atomic mass is 79.9. The zero-order chi connectivity index (χ0) is 13.6. The van der Waals surface area contributed by atoms with E-state index in [4.69, 9.17) is 0 Å². The van der Waals surface area contributed by atoms with Crippen molar-refractivity contribution in [2.24, 2.45) is 0 Å². The van der Waals surface area contributed by atoms with E-state index < -0.39 is 11.4 Å². The third-order valence-corrected chi connectivity index (χ3v) is 4.69. The molecule has 0 aliphatic carbocycles. The van der Waals surface area contributed by atoms with Crippen LogP contribution in [0.2, 0.25) is 0 Å². The van der Waals surface area contributed by atoms with Gasteiger partial charge < -0.3 is 10.1 Å². The number of aromatic nitrogens is 1. The van der Waals surface area contributed by atoms with Crippen molar-refractivity contribution in [2.75, 3.05) is 0 Å². The number of fused-ring (bicyclic) bond motifs is 1. The second-order valence-corrected chi connectivity index (χ2v) is 5.71. The van der Waals surface area contributed by atoms with E-state index in [9.17, 15) is 14.3 Å². The van der Waals surface area contributed by atoms with E-state index in [1.54, 1.807) is 11.4 Å². The second-order valence-electron chi connectivity index (χ2n) is 3.98. The summed E-state index contributed by atoms with van der Waals surface area (Å²) in [6.45, 7) is 0. The number of rotatable bonds is 1. The summed E-state index contributed by atoms with van der Waals surface area (Å²) in [6.07, 6.45) is 0. The molecule has 96 valence electrons. The highest BCUT2D eigenvalue weighted by Crippen LogP contribution is 2.38. The summed E-state index contributed by atoms with van der Waals surface area (Å²) in [6, 6.07) is 5.59. The van der Waals surface area contributed by atoms with E-state index in [1.807, 2.05) is 0 Å². The largest absolute Gasteiger partial charge is 0.506 e. The molecule has 3 aromatic rings. The highest BCUT2D eigenvalue weighted by Gasteiger charge is 2.16. The Morgan fingerprint density at radius 2 is 2.16 bits per heavy atom. The number of H-pyrrole nitrogens is 1. The minimum atomic E-state index is -0.455. The quantitative estimate of drug-likeness (QED) is 0.707. The van der Waals surface area contributed by atoms with Crippen LogP contribution in [-0.2, 0) is 0 Å². The van der Waals surface area contributed by atoms with Crippen molar-refractivity contribution < 1.29 is 9.50 Å². The van der Waals surface area contributed by atoms with Gasteiger partial charge in [0.05, 0.1) is 20.3 Å². The van der Waals surface area contributed by atoms with Crippen LogP contribution in [0.25, 0.3) is 21.3 Å². The van der Waals surface area contributed by atoms with E-state index >= 15 is 0 Å². The number of hydrogen-bond donors (Lipinski definition) is 2. The number of nitrogens with one attached hydrogen (secondary N) is 1. The van der Waals surface area contributed by atoms with Crippen molar-refractivity contribution in [1.29, 1.82) is 0 Å². The van der Waals surface area contributed by atoms with Gasteiger partial charge >= 0.3 is 0 Å². The van der Waals surface area contributed by atoms with Gasteiger partial charge in [-0.1, -0.05) is 12.1 Å². The van der Waals surface area contributed by atoms with Crippen molar-refractivity contribution in [3.05, 3.63) is 50.3 Å². The molecule has 3 rings (SSSR count). The lowest BCUT2D eigenvalue weighted by Crippen LogP contribution is -2.08. The van der Waals surface area contributed by atoms with Crippen LogP contribution in [0.5, 0.6) is 5.75 Å². The molecule has 0 aliphatic heterocycles. The second kappa shape index (κ2) is 4.47. The Labute approximate surface area is 119 Å². The minimum absolute atomic E-state index is 0.0846. The van der Waals surface area contributed by atoms with Gasteiger partial charge in [0.15, 0.2) is 0 Å². The van der Waals surface area contributed by atoms with Crippen LogP contribution in [0.4, 0.5) is 4.39 Å². The fourth-order valence-corrected chi connectivity index (χ4v) is 3.48. The molecule has 0 radical (unpaired) electrons. The standard InChI is InChI=1S/C13H7BrFNO2S/c14-8-5-19-12-10(8)16-13(18)9(11(12)17)6-2-1-3-7(15)4-6/h1-5H,(H2,16,17,18). The van der Waals surface area contributed by atoms with Crippen LogP contribution in [0.3, 0.4) is 0 Å². The lowest BCUT2D eigenvalue weighted by molar-refractivity contribution is 0.483. The number of thiophene rings is 1. The molecule has 2 heterocycles. The normalized spacial score (nSPS) is 11.1. The van der Waals surface area contributed by atoms with Gasteiger partial charge in [-0.25, -0.2) is 4.39 Å². The maximum Gasteiger partial charge on any atom is 0.260 e. The molecule has 0 amide bonds. The van der Waals surface area contributed by atoms with Crippen LogP contribution in [-0.4, -0.2) is 10.1 Å². The Hall–Kier alpha value is -1.66. The number of aromatic hydroxyl groups is 1. The summed E-state index contributed by atoms with van der Waals surface area (Å²) in [5, 5.41) is 12.0. The van der Waals surface area contributed by atoms with Gasteiger partial charge in [-0.15, -0.1) is 11.3 Å². The van der Waals surface area contributed by atoms with Crippen LogP contribution < -0.4 is 5.56 Å². The molecule has 1 aromatic carbocycles. The molecule has 2 aromatic heterocycles. The molecule has 0 fully saturated rings. The summed E-state index contributed by atoms with van der Waals surface area (Å²) in [7, 11) is 0. The molecular weight excluding hydrogens is 333 g/mol. The fourth-order valence-electron chi connectivity index (χ4n) is 1.94. The summed E-state index contributed by atoms with van der Waals surface area (Å²) in [5.74, 6) is -0.580. The molecule has 0 atom stereocenters. The monoisotopic (exact) mass is 339 g/mol. The number of halogens is 2. The Kier molecular flexibility index (Phi) is 2.91. The highest BCUT2D eigenvalue weighted by molar-refractivity contribution is 9.10. The fraction of sp³-hybridized carbons (Fsp3) is 0. The molecule has 3 nitrogen and oxygen atoms in total. The average Bonchev–Trinajstić information content (AvgIpc) is 2.72. The lowest BCUT2D eigenvalue weighted by atomic mass is 10.1. The Balaban J connectivity index is 2.39. The van der Waals surface area contributed by atoms with Gasteiger partial charge in [0.1, 0.15) is 11.6 Å². The Bertz CT molecular complexity index is 840. The molecular formula is C13H7BrFNO2S. The van der Waals surface area contributed by atoms with Crippen molar-refractivity contribution >= 4 is 37.5 Å². The molecule has 0 saturated carbocycles. The summed E-state index contributed by atoms with van der Waals surface area (Å²) < 4.78 is 14.5. The van der Waals surface area contributed by atoms with E-state index in [0.29, 0.717) is 20.3 Å². The number of benzene rings is 1. The van der Waals surface area contributed by atoms with Crippen molar-refractivity contribution in [2.45, 2.75) is 0 Å². The van der Waals surface area contributed by atoms with E-state index in [1.165, 1.54) is 29.5 Å². The molecule has 0 bridgehead atoms. The molecule has 0 unspecified atom stereocenters. The first kappa shape index (κ1) is 12.4. The van der Waals surface area contributed by atoms with Crippen molar-refractivity contribution in [1.82, 2.24) is 4.98 Å². The van der Waals surface area contributed by atoms with E-state index in [0.717, 1.165) is 0 Å². The molecule has 19 heavy (non-hydrogen) atoms. The number of pyridine rings is 1. The van der Waals surface area contributed by atoms with E-state index in [2.05, 4.69) is 20.9 Å². The third-order valence-electron chi connectivity index (χ3n) is 2.78. The van der Waals surface area contributed by atoms with Crippen molar-refractivity contribution in [3.8, 4) is 16.9 Å². The molecule has 0 aliphatic rings. The molecule has 0 spiro atoms. The molecule has 2 N–H and O–H groups in total. The van der Waals surface area contributed by atoms with Gasteiger partial charge in [0.2, 0.25) is 0 Å². The Morgan fingerprint density at radius 3 is 2.89 bits per heavy atom. The topological polar surface area (TPSA) is 53.1 Å². The zero-order valence-corrected chi connectivity index (χ0v) is 11.8. The number of hydrogen-bond acceptors (Lipinski definition) is 3. The summed E-state index contributed by atoms with van der Waals surface area (Å²) in [5.41, 5.74) is 0.536. The predicted molar refractivity (Wildman–Crippen MR) is 77.2 cm³/mol. The van der Waals surface area contributed by atoms with Gasteiger partial charge in [-0.2, -0.15) is 0 Å². The van der Waals surface area contributed by atoms with Gasteiger partial charge in [-0.3, -0.25) is 4.79 Å². The molecule has 6 heteroatoms. The van der Waals surface area contributed by atoms with Crippen LogP contribution in [0.1, 0.15) is 0 Å². The van der Waals surface area contributed by atoms with Crippen molar-refractivity contribution in [3.63, 3.8) is 0 Å². The van der Waals surface area contributed by atoms with Crippen LogP contribution in [0.15, 0.2) is 38.9 Å². The third kappa shape index (κ3) is 1.97. The van der Waals surface area contributed by atoms with Crippen LogP contribution in [0, 0.1) is 5.82 Å². The lowest BCUT2D eigenvalue weighted by Gasteiger charge is -2.05. The zero-order valence-electron chi connectivity index (χ0n) is 9.41. The summed E-state index contributed by atoms with van der Waals surface area (Å²) >= 11 is 4.60. The first-order chi connectivity index (χ1) is 9.08. The Morgan fingerprint density at radius 1 is 1.37 bits per heavy atom. The van der Waals surface area contributed by atoms with Gasteiger partial charge in [0, 0.05) is 5.38 Å². The maximum atomic E-state index is 13.2. The van der Waals surface area contributed by atoms with E-state index in [-0.39, 0.29) is 11.3 Å². The number of aromatic amines is 1. The average molecular weight is 340 g/mol. The SMILES string of the molecule is O=c1[nH]c2c(Br)csc2c(O)c1-c1cccc(F)c1. The smallest absolute Gasteiger partial charge is 0.260 e. The first-order valence-corrected chi connectivity index (χ1v) is 7.03. The van der Waals surface area contributed by atoms with Crippen LogP contribution >= 0.6 is 27.3 Å². The first-order valence-electron chi connectivity index (χ1n) is 5.36. The minimum Gasteiger partial charge on any atom is -0.506 e. The predicted octanol–water partition coefficient (Wildman–Crippen LogP) is 3.86. The summed E-state index contributed by atoms with van der Waals surface area (Å²) in [4.78, 5) is 14.8. The maximum absolute atomic E-state index is 13.2.